The third-order valence-electron chi connectivity index (χ3n) is 4.55. The highest BCUT2D eigenvalue weighted by Crippen LogP contribution is 2.28. The fraction of sp³-hybridized carbons (Fsp3) is 0.667. The molecule has 1 atom stereocenters. The van der Waals surface area contributed by atoms with E-state index in [2.05, 4.69) is 15.5 Å². The molecule has 21 heavy (non-hydrogen) atoms. The lowest BCUT2D eigenvalue weighted by molar-refractivity contribution is -0.130. The second-order valence-electron chi connectivity index (χ2n) is 6.05. The number of nitrogens with one attached hydrogen (secondary N) is 2. The number of hydrogen-bond acceptors (Lipinski definition) is 3. The van der Waals surface area contributed by atoms with Crippen molar-refractivity contribution in [3.63, 3.8) is 0 Å². The van der Waals surface area contributed by atoms with Gasteiger partial charge in [0.25, 0.3) is 0 Å². The number of anilines is 1. The summed E-state index contributed by atoms with van der Waals surface area (Å²) in [7, 11) is 0. The maximum atomic E-state index is 12.2. The predicted molar refractivity (Wildman–Crippen MR) is 78.5 cm³/mol. The van der Waals surface area contributed by atoms with Crippen LogP contribution in [0.3, 0.4) is 0 Å². The molecule has 6 nitrogen and oxygen atoms in total. The number of amides is 2. The number of rotatable bonds is 3. The van der Waals surface area contributed by atoms with Crippen molar-refractivity contribution in [3.05, 3.63) is 12.3 Å². The van der Waals surface area contributed by atoms with Gasteiger partial charge in [0.05, 0.1) is 12.1 Å². The van der Waals surface area contributed by atoms with Gasteiger partial charge in [-0.3, -0.25) is 14.7 Å². The van der Waals surface area contributed by atoms with Crippen LogP contribution in [0.5, 0.6) is 0 Å². The molecule has 1 aromatic heterocycles. The molecule has 0 spiro atoms. The minimum absolute atomic E-state index is 0.0938. The Morgan fingerprint density at radius 2 is 2.05 bits per heavy atom. The first-order valence-corrected chi connectivity index (χ1v) is 7.84. The molecule has 0 aromatic carbocycles. The van der Waals surface area contributed by atoms with E-state index in [-0.39, 0.29) is 17.7 Å². The Kier molecular flexibility index (Phi) is 4.22. The van der Waals surface area contributed by atoms with E-state index >= 15 is 0 Å². The highest BCUT2D eigenvalue weighted by molar-refractivity contribution is 5.96. The van der Waals surface area contributed by atoms with Crippen LogP contribution in [0.15, 0.2) is 12.3 Å². The van der Waals surface area contributed by atoms with E-state index in [0.29, 0.717) is 24.8 Å². The second kappa shape index (κ2) is 6.28. The molecular weight excluding hydrogens is 268 g/mol. The van der Waals surface area contributed by atoms with Crippen molar-refractivity contribution in [1.82, 2.24) is 15.1 Å². The maximum absolute atomic E-state index is 12.2. The molecule has 1 saturated heterocycles. The number of likely N-dealkylation sites (tertiary alicyclic amines) is 1. The highest BCUT2D eigenvalue weighted by atomic mass is 16.2. The first-order chi connectivity index (χ1) is 10.2. The van der Waals surface area contributed by atoms with Crippen molar-refractivity contribution in [2.45, 2.75) is 51.0 Å². The summed E-state index contributed by atoms with van der Waals surface area (Å²) in [6.07, 6.45) is 9.01. The minimum atomic E-state index is -0.246. The van der Waals surface area contributed by atoms with Gasteiger partial charge in [-0.2, -0.15) is 5.10 Å². The average Bonchev–Trinajstić information content (AvgIpc) is 3.02. The van der Waals surface area contributed by atoms with E-state index in [1.165, 1.54) is 25.7 Å². The first kappa shape index (κ1) is 14.1. The molecule has 1 aliphatic heterocycles. The number of H-pyrrole nitrogens is 1. The zero-order valence-corrected chi connectivity index (χ0v) is 12.2. The van der Waals surface area contributed by atoms with Crippen LogP contribution in [-0.4, -0.2) is 39.5 Å². The Hall–Kier alpha value is -1.85. The molecule has 2 heterocycles. The Morgan fingerprint density at radius 3 is 2.71 bits per heavy atom. The molecule has 1 aliphatic carbocycles. The standard InChI is InChI=1S/C15H22N4O2/c20-14-9-11(15(21)17-13-7-8-16-18-13)10-19(14)12-5-3-1-2-4-6-12/h7-8,11-12H,1-6,9-10H2,(H2,16,17,18,21)/t11-/m1/s1. The molecule has 2 aliphatic rings. The van der Waals surface area contributed by atoms with Crippen LogP contribution in [0.2, 0.25) is 0 Å². The molecule has 114 valence electrons. The SMILES string of the molecule is O=C(Nc1ccn[nH]1)[C@@H]1CC(=O)N(C2CCCCCC2)C1. The second-order valence-corrected chi connectivity index (χ2v) is 6.05. The zero-order chi connectivity index (χ0) is 14.7. The fourth-order valence-electron chi connectivity index (χ4n) is 3.39. The summed E-state index contributed by atoms with van der Waals surface area (Å²) in [5.74, 6) is 0.375. The van der Waals surface area contributed by atoms with Crippen molar-refractivity contribution in [1.29, 1.82) is 0 Å². The van der Waals surface area contributed by atoms with Crippen LogP contribution >= 0.6 is 0 Å². The van der Waals surface area contributed by atoms with Crippen LogP contribution in [0.25, 0.3) is 0 Å². The van der Waals surface area contributed by atoms with Gasteiger partial charge in [-0.1, -0.05) is 25.7 Å². The van der Waals surface area contributed by atoms with Gasteiger partial charge in [-0.05, 0) is 12.8 Å². The Bertz CT molecular complexity index is 492. The molecule has 3 rings (SSSR count). The van der Waals surface area contributed by atoms with E-state index in [1.807, 2.05) is 4.90 Å². The zero-order valence-electron chi connectivity index (χ0n) is 12.2. The normalized spacial score (nSPS) is 24.1. The van der Waals surface area contributed by atoms with Crippen molar-refractivity contribution in [3.8, 4) is 0 Å². The summed E-state index contributed by atoms with van der Waals surface area (Å²) in [5, 5.41) is 9.29. The average molecular weight is 290 g/mol. The molecule has 6 heteroatoms. The Balaban J connectivity index is 1.59. The quantitative estimate of drug-likeness (QED) is 0.835. The molecule has 0 radical (unpaired) electrons. The summed E-state index contributed by atoms with van der Waals surface area (Å²) in [6, 6.07) is 2.04. The predicted octanol–water partition coefficient (Wildman–Crippen LogP) is 1.92. The summed E-state index contributed by atoms with van der Waals surface area (Å²) in [5.41, 5.74) is 0. The lowest BCUT2D eigenvalue weighted by atomic mass is 10.1. The van der Waals surface area contributed by atoms with Crippen LogP contribution in [0.1, 0.15) is 44.9 Å². The van der Waals surface area contributed by atoms with Gasteiger partial charge >= 0.3 is 0 Å². The molecule has 2 amide bonds. The third kappa shape index (κ3) is 3.25. The number of nitrogens with zero attached hydrogens (tertiary/aromatic N) is 2. The van der Waals surface area contributed by atoms with Crippen molar-refractivity contribution in [2.75, 3.05) is 11.9 Å². The lowest BCUT2D eigenvalue weighted by Crippen LogP contribution is -2.37. The summed E-state index contributed by atoms with van der Waals surface area (Å²) in [6.45, 7) is 0.559. The number of carbonyl (C=O) groups excluding carboxylic acids is 2. The van der Waals surface area contributed by atoms with Gasteiger partial charge in [0.1, 0.15) is 5.82 Å². The monoisotopic (exact) mass is 290 g/mol. The van der Waals surface area contributed by atoms with E-state index < -0.39 is 0 Å². The molecule has 2 N–H and O–H groups in total. The van der Waals surface area contributed by atoms with Crippen LogP contribution in [-0.2, 0) is 9.59 Å². The number of aromatic amines is 1. The fourth-order valence-corrected chi connectivity index (χ4v) is 3.39. The third-order valence-corrected chi connectivity index (χ3v) is 4.55. The van der Waals surface area contributed by atoms with E-state index in [1.54, 1.807) is 12.3 Å². The van der Waals surface area contributed by atoms with E-state index in [9.17, 15) is 9.59 Å². The molecule has 0 unspecified atom stereocenters. The van der Waals surface area contributed by atoms with Crippen LogP contribution < -0.4 is 5.32 Å². The van der Waals surface area contributed by atoms with Crippen molar-refractivity contribution in [2.24, 2.45) is 5.92 Å². The van der Waals surface area contributed by atoms with Gasteiger partial charge in [0, 0.05) is 25.1 Å². The Morgan fingerprint density at radius 1 is 1.29 bits per heavy atom. The molecule has 2 fully saturated rings. The number of aromatic nitrogens is 2. The van der Waals surface area contributed by atoms with Gasteiger partial charge in [0.15, 0.2) is 0 Å². The molecule has 0 bridgehead atoms. The van der Waals surface area contributed by atoms with Gasteiger partial charge in [-0.15, -0.1) is 0 Å². The highest BCUT2D eigenvalue weighted by Gasteiger charge is 2.37. The van der Waals surface area contributed by atoms with Crippen molar-refractivity contribution < 1.29 is 9.59 Å². The lowest BCUT2D eigenvalue weighted by Gasteiger charge is -2.27. The number of carbonyl (C=O) groups is 2. The van der Waals surface area contributed by atoms with E-state index in [4.69, 9.17) is 0 Å². The maximum Gasteiger partial charge on any atom is 0.230 e. The van der Waals surface area contributed by atoms with Gasteiger partial charge in [0.2, 0.25) is 11.8 Å². The Labute approximate surface area is 124 Å². The number of hydrogen-bond donors (Lipinski definition) is 2. The summed E-state index contributed by atoms with van der Waals surface area (Å²) >= 11 is 0. The molecule has 1 saturated carbocycles. The molecular formula is C15H22N4O2. The summed E-state index contributed by atoms with van der Waals surface area (Å²) < 4.78 is 0. The van der Waals surface area contributed by atoms with Gasteiger partial charge in [-0.25, -0.2) is 0 Å². The van der Waals surface area contributed by atoms with E-state index in [0.717, 1.165) is 12.8 Å². The topological polar surface area (TPSA) is 78.1 Å². The van der Waals surface area contributed by atoms with Gasteiger partial charge < -0.3 is 10.2 Å². The smallest absolute Gasteiger partial charge is 0.230 e. The molecule has 1 aromatic rings. The van der Waals surface area contributed by atoms with Crippen LogP contribution in [0, 0.1) is 5.92 Å². The minimum Gasteiger partial charge on any atom is -0.339 e. The van der Waals surface area contributed by atoms with Crippen LogP contribution in [0.4, 0.5) is 5.82 Å². The van der Waals surface area contributed by atoms with Crippen molar-refractivity contribution >= 4 is 17.6 Å². The largest absolute Gasteiger partial charge is 0.339 e. The first-order valence-electron chi connectivity index (χ1n) is 7.84. The summed E-state index contributed by atoms with van der Waals surface area (Å²) in [4.78, 5) is 26.4.